The van der Waals surface area contributed by atoms with E-state index in [0.717, 1.165) is 0 Å². The molecule has 1 aromatic carbocycles. The lowest BCUT2D eigenvalue weighted by Crippen LogP contribution is -2.48. The van der Waals surface area contributed by atoms with Crippen LogP contribution in [0.5, 0.6) is 0 Å². The van der Waals surface area contributed by atoms with Gasteiger partial charge in [-0.2, -0.15) is 13.2 Å². The van der Waals surface area contributed by atoms with Crippen molar-refractivity contribution in [3.05, 3.63) is 34.4 Å². The van der Waals surface area contributed by atoms with Gasteiger partial charge in [-0.25, -0.2) is 0 Å². The molecule has 126 valence electrons. The maximum absolute atomic E-state index is 13.4. The molecule has 2 aliphatic rings. The third kappa shape index (κ3) is 2.83. The van der Waals surface area contributed by atoms with Crippen molar-refractivity contribution in [2.75, 3.05) is 26.3 Å². The zero-order valence-electron chi connectivity index (χ0n) is 13.1. The fraction of sp³-hybridized carbons (Fsp3) is 0.562. The van der Waals surface area contributed by atoms with E-state index in [9.17, 15) is 18.0 Å². The number of nitrogens with one attached hydrogen (secondary N) is 1. The number of morpholine rings is 1. The summed E-state index contributed by atoms with van der Waals surface area (Å²) < 4.78 is 45.5. The third-order valence-electron chi connectivity index (χ3n) is 4.73. The van der Waals surface area contributed by atoms with E-state index >= 15 is 0 Å². The summed E-state index contributed by atoms with van der Waals surface area (Å²) in [5.41, 5.74) is -0.644. The van der Waals surface area contributed by atoms with Gasteiger partial charge in [-0.15, -0.1) is 0 Å². The molecule has 0 spiro atoms. The zero-order chi connectivity index (χ0) is 16.8. The predicted molar refractivity (Wildman–Crippen MR) is 78.0 cm³/mol. The van der Waals surface area contributed by atoms with Crippen molar-refractivity contribution in [2.45, 2.75) is 32.1 Å². The molecule has 1 saturated heterocycles. The number of fused-ring (bicyclic) bond motifs is 1. The minimum absolute atomic E-state index is 0.0454. The van der Waals surface area contributed by atoms with Crippen LogP contribution in [0.3, 0.4) is 0 Å². The first-order chi connectivity index (χ1) is 10.7. The normalized spacial score (nSPS) is 19.6. The second-order valence-corrected chi connectivity index (χ2v) is 6.39. The lowest BCUT2D eigenvalue weighted by Gasteiger charge is -2.41. The van der Waals surface area contributed by atoms with Gasteiger partial charge in [-0.05, 0) is 37.1 Å². The average molecular weight is 328 g/mol. The maximum Gasteiger partial charge on any atom is 0.416 e. The number of alkyl halides is 3. The largest absolute Gasteiger partial charge is 0.416 e. The molecule has 2 aliphatic heterocycles. The molecule has 1 N–H and O–H groups in total. The van der Waals surface area contributed by atoms with E-state index in [2.05, 4.69) is 10.2 Å². The van der Waals surface area contributed by atoms with Gasteiger partial charge in [0.1, 0.15) is 0 Å². The first kappa shape index (κ1) is 16.3. The van der Waals surface area contributed by atoms with Crippen molar-refractivity contribution in [1.29, 1.82) is 0 Å². The van der Waals surface area contributed by atoms with Crippen molar-refractivity contribution in [1.82, 2.24) is 10.2 Å². The van der Waals surface area contributed by atoms with Crippen LogP contribution in [-0.2, 0) is 23.0 Å². The average Bonchev–Trinajstić information content (AvgIpc) is 2.88. The highest BCUT2D eigenvalue weighted by Crippen LogP contribution is 2.39. The number of ether oxygens (including phenoxy) is 1. The Morgan fingerprint density at radius 1 is 1.17 bits per heavy atom. The van der Waals surface area contributed by atoms with E-state index in [-0.39, 0.29) is 17.7 Å². The van der Waals surface area contributed by atoms with Crippen LogP contribution in [0.2, 0.25) is 0 Å². The molecule has 3 rings (SSSR count). The molecule has 0 unspecified atom stereocenters. The van der Waals surface area contributed by atoms with Crippen molar-refractivity contribution in [3.63, 3.8) is 0 Å². The van der Waals surface area contributed by atoms with Gasteiger partial charge in [-0.3, -0.25) is 9.69 Å². The van der Waals surface area contributed by atoms with Crippen LogP contribution in [0.25, 0.3) is 0 Å². The van der Waals surface area contributed by atoms with Gasteiger partial charge in [-0.1, -0.05) is 0 Å². The van der Waals surface area contributed by atoms with Crippen LogP contribution < -0.4 is 5.32 Å². The standard InChI is InChI=1S/C16H19F3N2O2/c1-15(2,21-3-5-23-6-4-21)10-7-11-12(9-20-14(11)22)13(8-10)16(17,18)19/h7-8H,3-6,9H2,1-2H3,(H,20,22). The number of nitrogens with zero attached hydrogens (tertiary/aromatic N) is 1. The van der Waals surface area contributed by atoms with Gasteiger partial charge in [0.25, 0.3) is 5.91 Å². The molecule has 2 heterocycles. The SMILES string of the molecule is CC(C)(c1cc2c(c(C(F)(F)F)c1)CNC2=O)N1CCOCC1. The van der Waals surface area contributed by atoms with Crippen LogP contribution in [0.15, 0.2) is 12.1 Å². The summed E-state index contributed by atoms with van der Waals surface area (Å²) in [6.45, 7) is 6.11. The lowest BCUT2D eigenvalue weighted by molar-refractivity contribution is -0.138. The Hall–Kier alpha value is -1.60. The van der Waals surface area contributed by atoms with Crippen molar-refractivity contribution < 1.29 is 22.7 Å². The maximum atomic E-state index is 13.4. The van der Waals surface area contributed by atoms with Crippen molar-refractivity contribution in [2.24, 2.45) is 0 Å². The lowest BCUT2D eigenvalue weighted by atomic mass is 9.87. The highest BCUT2D eigenvalue weighted by molar-refractivity contribution is 5.99. The number of rotatable bonds is 2. The van der Waals surface area contributed by atoms with Crippen molar-refractivity contribution >= 4 is 5.91 Å². The predicted octanol–water partition coefficient (Wildman–Crippen LogP) is 2.52. The zero-order valence-corrected chi connectivity index (χ0v) is 13.1. The van der Waals surface area contributed by atoms with Crippen LogP contribution in [-0.4, -0.2) is 37.1 Å². The Morgan fingerprint density at radius 3 is 2.43 bits per heavy atom. The molecular formula is C16H19F3N2O2. The number of carbonyl (C=O) groups is 1. The molecule has 1 amide bonds. The van der Waals surface area contributed by atoms with Crippen LogP contribution >= 0.6 is 0 Å². The number of halogens is 3. The molecule has 23 heavy (non-hydrogen) atoms. The van der Waals surface area contributed by atoms with Gasteiger partial charge in [0.2, 0.25) is 0 Å². The van der Waals surface area contributed by atoms with Gasteiger partial charge in [0, 0.05) is 30.7 Å². The van der Waals surface area contributed by atoms with Gasteiger partial charge in [0.05, 0.1) is 18.8 Å². The summed E-state index contributed by atoms with van der Waals surface area (Å²) in [5, 5.41) is 2.48. The topological polar surface area (TPSA) is 41.6 Å². The van der Waals surface area contributed by atoms with Gasteiger partial charge >= 0.3 is 6.18 Å². The number of benzene rings is 1. The fourth-order valence-electron chi connectivity index (χ4n) is 3.24. The quantitative estimate of drug-likeness (QED) is 0.907. The number of hydrogen-bond acceptors (Lipinski definition) is 3. The fourth-order valence-corrected chi connectivity index (χ4v) is 3.24. The van der Waals surface area contributed by atoms with Crippen LogP contribution in [0.1, 0.15) is 40.9 Å². The van der Waals surface area contributed by atoms with E-state index < -0.39 is 23.2 Å². The van der Waals surface area contributed by atoms with Crippen LogP contribution in [0.4, 0.5) is 13.2 Å². The summed E-state index contributed by atoms with van der Waals surface area (Å²) in [4.78, 5) is 14.0. The molecule has 0 aromatic heterocycles. The second-order valence-electron chi connectivity index (χ2n) is 6.39. The molecule has 0 radical (unpaired) electrons. The molecule has 0 aliphatic carbocycles. The first-order valence-electron chi connectivity index (χ1n) is 7.57. The number of carbonyl (C=O) groups excluding carboxylic acids is 1. The highest BCUT2D eigenvalue weighted by Gasteiger charge is 2.40. The summed E-state index contributed by atoms with van der Waals surface area (Å²) in [6, 6.07) is 2.79. The highest BCUT2D eigenvalue weighted by atomic mass is 19.4. The molecule has 0 bridgehead atoms. The summed E-state index contributed by atoms with van der Waals surface area (Å²) >= 11 is 0. The minimum atomic E-state index is -4.48. The van der Waals surface area contributed by atoms with E-state index in [1.807, 2.05) is 13.8 Å². The smallest absolute Gasteiger partial charge is 0.379 e. The van der Waals surface area contributed by atoms with Gasteiger partial charge in [0.15, 0.2) is 0 Å². The third-order valence-corrected chi connectivity index (χ3v) is 4.73. The molecule has 1 fully saturated rings. The molecule has 4 nitrogen and oxygen atoms in total. The number of hydrogen-bond donors (Lipinski definition) is 1. The van der Waals surface area contributed by atoms with Crippen molar-refractivity contribution in [3.8, 4) is 0 Å². The van der Waals surface area contributed by atoms with E-state index in [1.54, 1.807) is 6.07 Å². The Kier molecular flexibility index (Phi) is 3.88. The first-order valence-corrected chi connectivity index (χ1v) is 7.57. The number of amides is 1. The Labute approximate surface area is 132 Å². The monoisotopic (exact) mass is 328 g/mol. The minimum Gasteiger partial charge on any atom is -0.379 e. The Morgan fingerprint density at radius 2 is 1.83 bits per heavy atom. The molecule has 7 heteroatoms. The van der Waals surface area contributed by atoms with E-state index in [1.165, 1.54) is 6.07 Å². The Balaban J connectivity index is 2.09. The summed E-state index contributed by atoms with van der Waals surface area (Å²) in [5.74, 6) is -0.440. The molecule has 0 saturated carbocycles. The molecule has 1 aromatic rings. The van der Waals surface area contributed by atoms with Crippen LogP contribution in [0, 0.1) is 0 Å². The van der Waals surface area contributed by atoms with E-state index in [4.69, 9.17) is 4.74 Å². The summed E-state index contributed by atoms with van der Waals surface area (Å²) in [6.07, 6.45) is -4.48. The summed E-state index contributed by atoms with van der Waals surface area (Å²) in [7, 11) is 0. The molecule has 0 atom stereocenters. The molecular weight excluding hydrogens is 309 g/mol. The Bertz CT molecular complexity index is 635. The second kappa shape index (κ2) is 5.49. The van der Waals surface area contributed by atoms with E-state index in [0.29, 0.717) is 31.9 Å². The van der Waals surface area contributed by atoms with Gasteiger partial charge < -0.3 is 10.1 Å².